The fourth-order valence-electron chi connectivity index (χ4n) is 1.58. The maximum absolute atomic E-state index is 11.4. The van der Waals surface area contributed by atoms with Crippen molar-refractivity contribution < 1.29 is 9.59 Å². The fourth-order valence-corrected chi connectivity index (χ4v) is 1.76. The lowest BCUT2D eigenvalue weighted by atomic mass is 10.2. The minimum absolute atomic E-state index is 0.0396. The van der Waals surface area contributed by atoms with Crippen LogP contribution in [0.15, 0.2) is 18.2 Å². The van der Waals surface area contributed by atoms with Crippen LogP contribution in [0, 0.1) is 0 Å². The summed E-state index contributed by atoms with van der Waals surface area (Å²) in [6.07, 6.45) is -0.0396. The van der Waals surface area contributed by atoms with Crippen LogP contribution in [0.2, 0.25) is 5.02 Å². The van der Waals surface area contributed by atoms with Gasteiger partial charge >= 0.3 is 0 Å². The van der Waals surface area contributed by atoms with E-state index in [1.165, 1.54) is 4.90 Å². The number of hydrogen-bond acceptors (Lipinski definition) is 3. The summed E-state index contributed by atoms with van der Waals surface area (Å²) in [5.74, 6) is -0.302. The second-order valence-corrected chi connectivity index (χ2v) is 3.83. The van der Waals surface area contributed by atoms with Gasteiger partial charge in [0.25, 0.3) is 0 Å². The Bertz CT molecular complexity index is 445. The van der Waals surface area contributed by atoms with Gasteiger partial charge in [-0.05, 0) is 18.2 Å². The van der Waals surface area contributed by atoms with E-state index in [0.29, 0.717) is 16.4 Å². The molecule has 1 aliphatic heterocycles. The molecule has 5 heteroatoms. The number of carbonyl (C=O) groups excluding carboxylic acids is 2. The number of carbonyl (C=O) groups is 2. The van der Waals surface area contributed by atoms with Crippen molar-refractivity contribution in [3.8, 4) is 0 Å². The van der Waals surface area contributed by atoms with Gasteiger partial charge in [-0.1, -0.05) is 11.6 Å². The minimum atomic E-state index is -0.214. The molecule has 0 aromatic heterocycles. The number of halogens is 1. The molecule has 1 aliphatic rings. The molecule has 1 fully saturated rings. The maximum Gasteiger partial charge on any atom is 0.234 e. The molecule has 0 unspecified atom stereocenters. The third kappa shape index (κ3) is 1.80. The van der Waals surface area contributed by atoms with E-state index in [2.05, 4.69) is 0 Å². The highest BCUT2D eigenvalue weighted by molar-refractivity contribution is 6.31. The van der Waals surface area contributed by atoms with Crippen LogP contribution in [-0.4, -0.2) is 18.2 Å². The van der Waals surface area contributed by atoms with Crippen molar-refractivity contribution >= 4 is 34.7 Å². The minimum Gasteiger partial charge on any atom is -0.397 e. The van der Waals surface area contributed by atoms with Gasteiger partial charge in [0, 0.05) is 5.02 Å². The molecule has 1 amide bonds. The van der Waals surface area contributed by atoms with E-state index in [0.717, 1.165) is 0 Å². The van der Waals surface area contributed by atoms with Crippen LogP contribution in [0.1, 0.15) is 6.42 Å². The van der Waals surface area contributed by atoms with Gasteiger partial charge in [0.15, 0.2) is 5.78 Å². The van der Waals surface area contributed by atoms with Gasteiger partial charge in [-0.2, -0.15) is 0 Å². The molecular formula is C10H9ClN2O2. The maximum atomic E-state index is 11.4. The standard InChI is InChI=1S/C10H9ClN2O2/c11-6-1-2-9(8(12)3-6)13-5-7(14)4-10(13)15/h1-3H,4-5,12H2. The molecule has 2 N–H and O–H groups in total. The van der Waals surface area contributed by atoms with Gasteiger partial charge in [-0.15, -0.1) is 0 Å². The summed E-state index contributed by atoms with van der Waals surface area (Å²) in [6.45, 7) is 0.102. The Morgan fingerprint density at radius 3 is 2.60 bits per heavy atom. The number of nitrogens with two attached hydrogens (primary N) is 1. The number of hydrogen-bond donors (Lipinski definition) is 1. The van der Waals surface area contributed by atoms with Gasteiger partial charge in [-0.3, -0.25) is 9.59 Å². The number of benzene rings is 1. The zero-order valence-electron chi connectivity index (χ0n) is 7.87. The van der Waals surface area contributed by atoms with Crippen molar-refractivity contribution in [3.63, 3.8) is 0 Å². The van der Waals surface area contributed by atoms with Crippen LogP contribution in [0.25, 0.3) is 0 Å². The number of anilines is 2. The quantitative estimate of drug-likeness (QED) is 0.577. The molecule has 1 saturated heterocycles. The van der Waals surface area contributed by atoms with Gasteiger partial charge in [-0.25, -0.2) is 0 Å². The number of amides is 1. The number of rotatable bonds is 1. The summed E-state index contributed by atoms with van der Waals surface area (Å²) in [5.41, 5.74) is 6.68. The second-order valence-electron chi connectivity index (χ2n) is 3.40. The SMILES string of the molecule is Nc1cc(Cl)ccc1N1CC(=O)CC1=O. The lowest BCUT2D eigenvalue weighted by molar-refractivity contribution is -0.121. The first-order chi connectivity index (χ1) is 7.08. The van der Waals surface area contributed by atoms with E-state index in [1.54, 1.807) is 18.2 Å². The lowest BCUT2D eigenvalue weighted by Gasteiger charge is -2.16. The third-order valence-electron chi connectivity index (χ3n) is 2.26. The first-order valence-corrected chi connectivity index (χ1v) is 4.83. The monoisotopic (exact) mass is 224 g/mol. The molecule has 0 bridgehead atoms. The smallest absolute Gasteiger partial charge is 0.234 e. The molecule has 0 radical (unpaired) electrons. The molecule has 1 aromatic rings. The molecule has 2 rings (SSSR count). The summed E-state index contributed by atoms with van der Waals surface area (Å²) in [5, 5.41) is 0.509. The zero-order chi connectivity index (χ0) is 11.0. The molecule has 78 valence electrons. The zero-order valence-corrected chi connectivity index (χ0v) is 8.62. The van der Waals surface area contributed by atoms with Crippen molar-refractivity contribution in [1.29, 1.82) is 0 Å². The van der Waals surface area contributed by atoms with Crippen molar-refractivity contribution in [1.82, 2.24) is 0 Å². The lowest BCUT2D eigenvalue weighted by Crippen LogP contribution is -2.25. The first-order valence-electron chi connectivity index (χ1n) is 4.45. The number of nitrogens with zero attached hydrogens (tertiary/aromatic N) is 1. The van der Waals surface area contributed by atoms with Gasteiger partial charge in [0.05, 0.1) is 24.3 Å². The summed E-state index contributed by atoms with van der Waals surface area (Å²) in [6, 6.07) is 4.85. The number of ketones is 1. The highest BCUT2D eigenvalue weighted by Gasteiger charge is 2.29. The van der Waals surface area contributed by atoms with Crippen LogP contribution >= 0.6 is 11.6 Å². The Hall–Kier alpha value is -1.55. The Morgan fingerprint density at radius 1 is 1.33 bits per heavy atom. The molecule has 0 spiro atoms. The number of Topliss-reactive ketones (excluding diaryl/α,β-unsaturated/α-hetero) is 1. The van der Waals surface area contributed by atoms with Crippen LogP contribution in [0.3, 0.4) is 0 Å². The van der Waals surface area contributed by atoms with Crippen LogP contribution in [-0.2, 0) is 9.59 Å². The average molecular weight is 225 g/mol. The molecule has 15 heavy (non-hydrogen) atoms. The Balaban J connectivity index is 2.38. The predicted molar refractivity (Wildman–Crippen MR) is 57.8 cm³/mol. The van der Waals surface area contributed by atoms with E-state index >= 15 is 0 Å². The van der Waals surface area contributed by atoms with Gasteiger partial charge in [0.2, 0.25) is 5.91 Å². The van der Waals surface area contributed by atoms with Crippen LogP contribution < -0.4 is 10.6 Å². The third-order valence-corrected chi connectivity index (χ3v) is 2.50. The van der Waals surface area contributed by atoms with Crippen LogP contribution in [0.5, 0.6) is 0 Å². The van der Waals surface area contributed by atoms with Gasteiger partial charge < -0.3 is 10.6 Å². The largest absolute Gasteiger partial charge is 0.397 e. The summed E-state index contributed by atoms with van der Waals surface area (Å²) in [4.78, 5) is 23.9. The van der Waals surface area contributed by atoms with E-state index in [4.69, 9.17) is 17.3 Å². The Kier molecular flexibility index (Phi) is 2.36. The van der Waals surface area contributed by atoms with Gasteiger partial charge in [0.1, 0.15) is 0 Å². The Morgan fingerprint density at radius 2 is 2.07 bits per heavy atom. The summed E-state index contributed by atoms with van der Waals surface area (Å²) < 4.78 is 0. The molecule has 0 saturated carbocycles. The van der Waals surface area contributed by atoms with Crippen molar-refractivity contribution in [2.75, 3.05) is 17.2 Å². The summed E-state index contributed by atoms with van der Waals surface area (Å²) >= 11 is 5.74. The first kappa shape index (κ1) is 9.98. The highest BCUT2D eigenvalue weighted by Crippen LogP contribution is 2.28. The Labute approximate surface area is 91.6 Å². The van der Waals surface area contributed by atoms with E-state index < -0.39 is 0 Å². The van der Waals surface area contributed by atoms with Crippen LogP contribution in [0.4, 0.5) is 11.4 Å². The van der Waals surface area contributed by atoms with E-state index in [-0.39, 0.29) is 24.7 Å². The number of nitrogen functional groups attached to an aromatic ring is 1. The topological polar surface area (TPSA) is 63.4 Å². The highest BCUT2D eigenvalue weighted by atomic mass is 35.5. The molecule has 0 atom stereocenters. The second kappa shape index (κ2) is 3.55. The average Bonchev–Trinajstić information content (AvgIpc) is 2.45. The fraction of sp³-hybridized carbons (Fsp3) is 0.200. The van der Waals surface area contributed by atoms with Crippen molar-refractivity contribution in [3.05, 3.63) is 23.2 Å². The summed E-state index contributed by atoms with van der Waals surface area (Å²) in [7, 11) is 0. The normalized spacial score (nSPS) is 16.2. The van der Waals surface area contributed by atoms with Crippen molar-refractivity contribution in [2.45, 2.75) is 6.42 Å². The van der Waals surface area contributed by atoms with Crippen molar-refractivity contribution in [2.24, 2.45) is 0 Å². The van der Waals surface area contributed by atoms with E-state index in [9.17, 15) is 9.59 Å². The molecule has 4 nitrogen and oxygen atoms in total. The molecule has 1 aromatic carbocycles. The molecule has 0 aliphatic carbocycles. The van der Waals surface area contributed by atoms with E-state index in [1.807, 2.05) is 0 Å². The molecule has 1 heterocycles. The molecular weight excluding hydrogens is 216 g/mol. The predicted octanol–water partition coefficient (Wildman–Crippen LogP) is 1.23.